The molecule has 3 nitrogen and oxygen atoms in total. The Kier molecular flexibility index (Phi) is 5.11. The van der Waals surface area contributed by atoms with Crippen molar-refractivity contribution in [1.29, 1.82) is 0 Å². The van der Waals surface area contributed by atoms with Gasteiger partial charge in [-0.2, -0.15) is 0 Å². The van der Waals surface area contributed by atoms with Crippen LogP contribution in [-0.2, 0) is 4.79 Å². The Bertz CT molecular complexity index is 967. The van der Waals surface area contributed by atoms with Crippen molar-refractivity contribution < 1.29 is 18.7 Å². The Morgan fingerprint density at radius 1 is 0.964 bits per heavy atom. The first-order valence-corrected chi connectivity index (χ1v) is 9.36. The van der Waals surface area contributed by atoms with Gasteiger partial charge < -0.3 is 9.47 Å². The predicted octanol–water partition coefficient (Wildman–Crippen LogP) is 5.89. The molecule has 0 bridgehead atoms. The second-order valence-corrected chi connectivity index (χ2v) is 7.11. The van der Waals surface area contributed by atoms with Crippen molar-refractivity contribution in [3.63, 3.8) is 0 Å². The first-order chi connectivity index (χ1) is 13.6. The normalized spacial score (nSPS) is 17.8. The van der Waals surface area contributed by atoms with Crippen LogP contribution in [0.3, 0.4) is 0 Å². The Morgan fingerprint density at radius 2 is 1.68 bits per heavy atom. The van der Waals surface area contributed by atoms with Crippen LogP contribution in [0.15, 0.2) is 72.8 Å². The molecule has 0 heterocycles. The van der Waals surface area contributed by atoms with E-state index in [1.165, 1.54) is 6.07 Å². The molecule has 0 aliphatic heterocycles. The van der Waals surface area contributed by atoms with E-state index in [1.807, 2.05) is 54.6 Å². The molecule has 0 saturated heterocycles. The molecule has 0 aromatic heterocycles. The highest BCUT2D eigenvalue weighted by Gasteiger charge is 2.41. The highest BCUT2D eigenvalue weighted by Crippen LogP contribution is 2.39. The SMILES string of the molecule is CC(=O)C1CC1COc1ccc(-c2cc(Oc3ccccc3)ccc2F)cc1. The van der Waals surface area contributed by atoms with Crippen LogP contribution in [0.4, 0.5) is 4.39 Å². The number of benzene rings is 3. The third-order valence-electron chi connectivity index (χ3n) is 4.99. The van der Waals surface area contributed by atoms with Gasteiger partial charge >= 0.3 is 0 Å². The van der Waals surface area contributed by atoms with E-state index in [1.54, 1.807) is 19.1 Å². The number of Topliss-reactive ketones (excluding diaryl/α,β-unsaturated/α-hetero) is 1. The zero-order valence-electron chi connectivity index (χ0n) is 15.6. The minimum Gasteiger partial charge on any atom is -0.493 e. The van der Waals surface area contributed by atoms with Crippen LogP contribution in [0.1, 0.15) is 13.3 Å². The summed E-state index contributed by atoms with van der Waals surface area (Å²) in [6.07, 6.45) is 0.910. The van der Waals surface area contributed by atoms with Gasteiger partial charge in [-0.25, -0.2) is 4.39 Å². The molecule has 1 aliphatic rings. The van der Waals surface area contributed by atoms with Gasteiger partial charge in [0.2, 0.25) is 0 Å². The van der Waals surface area contributed by atoms with Crippen LogP contribution >= 0.6 is 0 Å². The molecule has 2 atom stereocenters. The van der Waals surface area contributed by atoms with Crippen molar-refractivity contribution in [3.8, 4) is 28.4 Å². The number of para-hydroxylation sites is 1. The molecule has 1 saturated carbocycles. The predicted molar refractivity (Wildman–Crippen MR) is 106 cm³/mol. The van der Waals surface area contributed by atoms with Gasteiger partial charge in [-0.05, 0) is 61.4 Å². The number of hydrogen-bond donors (Lipinski definition) is 0. The van der Waals surface area contributed by atoms with E-state index in [-0.39, 0.29) is 17.5 Å². The van der Waals surface area contributed by atoms with Gasteiger partial charge in [0.25, 0.3) is 0 Å². The van der Waals surface area contributed by atoms with Crippen LogP contribution in [0, 0.1) is 17.7 Å². The third kappa shape index (κ3) is 4.22. The fraction of sp³-hybridized carbons (Fsp3) is 0.208. The molecule has 0 radical (unpaired) electrons. The van der Waals surface area contributed by atoms with Crippen molar-refractivity contribution >= 4 is 5.78 Å². The molecule has 0 amide bonds. The van der Waals surface area contributed by atoms with Crippen molar-refractivity contribution in [1.82, 2.24) is 0 Å². The largest absolute Gasteiger partial charge is 0.493 e. The third-order valence-corrected chi connectivity index (χ3v) is 4.99. The fourth-order valence-corrected chi connectivity index (χ4v) is 3.28. The van der Waals surface area contributed by atoms with Gasteiger partial charge in [-0.1, -0.05) is 30.3 Å². The standard InChI is InChI=1S/C24H21FO3/c1-16(26)22-13-18(22)15-27-19-9-7-17(8-10-19)23-14-21(11-12-24(23)25)28-20-5-3-2-4-6-20/h2-12,14,18,22H,13,15H2,1H3. The molecule has 4 heteroatoms. The highest BCUT2D eigenvalue weighted by atomic mass is 19.1. The zero-order chi connectivity index (χ0) is 19.5. The summed E-state index contributed by atoms with van der Waals surface area (Å²) in [6, 6.07) is 21.4. The quantitative estimate of drug-likeness (QED) is 0.516. The number of ketones is 1. The first-order valence-electron chi connectivity index (χ1n) is 9.36. The Balaban J connectivity index is 1.45. The maximum Gasteiger partial charge on any atom is 0.133 e. The summed E-state index contributed by atoms with van der Waals surface area (Å²) in [5.74, 6) is 2.39. The van der Waals surface area contributed by atoms with Gasteiger partial charge in [-0.3, -0.25) is 4.79 Å². The summed E-state index contributed by atoms with van der Waals surface area (Å²) >= 11 is 0. The van der Waals surface area contributed by atoms with Crippen LogP contribution in [0.2, 0.25) is 0 Å². The number of hydrogen-bond acceptors (Lipinski definition) is 3. The van der Waals surface area contributed by atoms with E-state index < -0.39 is 0 Å². The fourth-order valence-electron chi connectivity index (χ4n) is 3.28. The number of halogens is 1. The second kappa shape index (κ2) is 7.85. The summed E-state index contributed by atoms with van der Waals surface area (Å²) in [5, 5.41) is 0. The minimum atomic E-state index is -0.309. The van der Waals surface area contributed by atoms with Crippen molar-refractivity contribution in [3.05, 3.63) is 78.6 Å². The maximum atomic E-state index is 14.4. The topological polar surface area (TPSA) is 35.5 Å². The van der Waals surface area contributed by atoms with Gasteiger partial charge in [0, 0.05) is 17.4 Å². The van der Waals surface area contributed by atoms with Gasteiger partial charge in [-0.15, -0.1) is 0 Å². The number of carbonyl (C=O) groups excluding carboxylic acids is 1. The average molecular weight is 376 g/mol. The zero-order valence-corrected chi connectivity index (χ0v) is 15.6. The number of ether oxygens (including phenoxy) is 2. The molecule has 142 valence electrons. The summed E-state index contributed by atoms with van der Waals surface area (Å²) in [6.45, 7) is 2.17. The lowest BCUT2D eigenvalue weighted by Gasteiger charge is -2.10. The average Bonchev–Trinajstić information content (AvgIpc) is 3.49. The first kappa shape index (κ1) is 18.2. The van der Waals surface area contributed by atoms with Crippen LogP contribution in [0.25, 0.3) is 11.1 Å². The second-order valence-electron chi connectivity index (χ2n) is 7.11. The molecular weight excluding hydrogens is 355 g/mol. The van der Waals surface area contributed by atoms with Crippen molar-refractivity contribution in [2.75, 3.05) is 6.61 Å². The molecule has 28 heavy (non-hydrogen) atoms. The molecule has 3 aromatic carbocycles. The Hall–Kier alpha value is -3.14. The minimum absolute atomic E-state index is 0.153. The summed E-state index contributed by atoms with van der Waals surface area (Å²) in [5.41, 5.74) is 1.22. The van der Waals surface area contributed by atoms with Crippen LogP contribution in [0.5, 0.6) is 17.2 Å². The molecule has 0 spiro atoms. The highest BCUT2D eigenvalue weighted by molar-refractivity contribution is 5.81. The summed E-state index contributed by atoms with van der Waals surface area (Å²) < 4.78 is 25.9. The van der Waals surface area contributed by atoms with E-state index in [0.29, 0.717) is 29.6 Å². The van der Waals surface area contributed by atoms with Gasteiger partial charge in [0.05, 0.1) is 6.61 Å². The number of rotatable bonds is 7. The van der Waals surface area contributed by atoms with Crippen molar-refractivity contribution in [2.24, 2.45) is 11.8 Å². The maximum absolute atomic E-state index is 14.4. The summed E-state index contributed by atoms with van der Waals surface area (Å²) in [7, 11) is 0. The van der Waals surface area contributed by atoms with Crippen molar-refractivity contribution in [2.45, 2.75) is 13.3 Å². The molecule has 2 unspecified atom stereocenters. The molecule has 4 rings (SSSR count). The molecular formula is C24H21FO3. The molecule has 3 aromatic rings. The molecule has 1 fully saturated rings. The molecule has 1 aliphatic carbocycles. The van der Waals surface area contributed by atoms with E-state index in [0.717, 1.165) is 17.7 Å². The Labute approximate surface area is 163 Å². The van der Waals surface area contributed by atoms with Crippen LogP contribution in [-0.4, -0.2) is 12.4 Å². The number of carbonyl (C=O) groups is 1. The van der Waals surface area contributed by atoms with Crippen LogP contribution < -0.4 is 9.47 Å². The lowest BCUT2D eigenvalue weighted by molar-refractivity contribution is -0.118. The lowest BCUT2D eigenvalue weighted by Crippen LogP contribution is -2.04. The van der Waals surface area contributed by atoms with E-state index in [9.17, 15) is 9.18 Å². The Morgan fingerprint density at radius 3 is 2.36 bits per heavy atom. The van der Waals surface area contributed by atoms with E-state index >= 15 is 0 Å². The lowest BCUT2D eigenvalue weighted by atomic mass is 10.0. The molecule has 0 N–H and O–H groups in total. The summed E-state index contributed by atoms with van der Waals surface area (Å²) in [4.78, 5) is 11.3. The monoisotopic (exact) mass is 376 g/mol. The van der Waals surface area contributed by atoms with E-state index in [4.69, 9.17) is 9.47 Å². The van der Waals surface area contributed by atoms with Gasteiger partial charge in [0.15, 0.2) is 0 Å². The van der Waals surface area contributed by atoms with E-state index in [2.05, 4.69) is 0 Å². The smallest absolute Gasteiger partial charge is 0.133 e. The van der Waals surface area contributed by atoms with Gasteiger partial charge in [0.1, 0.15) is 28.8 Å².